The fourth-order valence-corrected chi connectivity index (χ4v) is 3.35. The molecule has 2 rings (SSSR count). The third kappa shape index (κ3) is 2.36. The second-order valence-corrected chi connectivity index (χ2v) is 6.31. The molecule has 1 heterocycles. The van der Waals surface area contributed by atoms with E-state index in [9.17, 15) is 9.90 Å². The number of hydrogen-bond acceptors (Lipinski definition) is 2. The van der Waals surface area contributed by atoms with E-state index in [0.29, 0.717) is 13.0 Å². The quantitative estimate of drug-likeness (QED) is 0.861. The Morgan fingerprint density at radius 1 is 1.39 bits per heavy atom. The Kier molecular flexibility index (Phi) is 4.14. The molecule has 3 nitrogen and oxygen atoms in total. The lowest BCUT2D eigenvalue weighted by Gasteiger charge is -2.21. The van der Waals surface area contributed by atoms with Gasteiger partial charge in [-0.15, -0.1) is 0 Å². The second kappa shape index (κ2) is 5.31. The average molecular weight is 377 g/mol. The summed E-state index contributed by atoms with van der Waals surface area (Å²) in [5, 5.41) is 9.17. The fourth-order valence-electron chi connectivity index (χ4n) is 2.25. The second-order valence-electron chi connectivity index (χ2n) is 4.72. The van der Waals surface area contributed by atoms with Crippen molar-refractivity contribution in [2.45, 2.75) is 20.3 Å². The smallest absolute Gasteiger partial charge is 0.227 e. The number of benzene rings is 1. The Hall–Kier alpha value is -0.390. The Bertz CT molecular complexity index is 502. The van der Waals surface area contributed by atoms with Crippen molar-refractivity contribution >= 4 is 43.5 Å². The summed E-state index contributed by atoms with van der Waals surface area (Å²) in [6, 6.07) is 2.00. The van der Waals surface area contributed by atoms with E-state index in [2.05, 4.69) is 31.9 Å². The highest BCUT2D eigenvalue weighted by Gasteiger charge is 2.31. The predicted octanol–water partition coefficient (Wildman–Crippen LogP) is 3.17. The van der Waals surface area contributed by atoms with E-state index in [1.165, 1.54) is 0 Å². The van der Waals surface area contributed by atoms with Crippen LogP contribution in [-0.4, -0.2) is 24.2 Å². The predicted molar refractivity (Wildman–Crippen MR) is 78.9 cm³/mol. The number of rotatable bonds is 2. The standard InChI is InChI=1S/C13H15Br2NO2/c1-7-3-10(13(15)8(2)12(7)14)16-5-9(6-17)4-11(16)18/h3,9,17H,4-6H2,1-2H3. The van der Waals surface area contributed by atoms with Gasteiger partial charge in [-0.1, -0.05) is 15.9 Å². The molecule has 0 aliphatic carbocycles. The molecule has 18 heavy (non-hydrogen) atoms. The van der Waals surface area contributed by atoms with E-state index >= 15 is 0 Å². The van der Waals surface area contributed by atoms with Gasteiger partial charge in [-0.05, 0) is 47.0 Å². The van der Waals surface area contributed by atoms with Crippen molar-refractivity contribution in [1.29, 1.82) is 0 Å². The van der Waals surface area contributed by atoms with Gasteiger partial charge in [-0.2, -0.15) is 0 Å². The topological polar surface area (TPSA) is 40.5 Å². The number of nitrogens with zero attached hydrogens (tertiary/aromatic N) is 1. The number of aryl methyl sites for hydroxylation is 1. The highest BCUT2D eigenvalue weighted by molar-refractivity contribution is 9.11. The number of aliphatic hydroxyl groups is 1. The van der Waals surface area contributed by atoms with E-state index in [1.54, 1.807) is 4.90 Å². The number of aliphatic hydroxyl groups excluding tert-OH is 1. The van der Waals surface area contributed by atoms with Gasteiger partial charge < -0.3 is 10.0 Å². The molecule has 1 amide bonds. The van der Waals surface area contributed by atoms with Crippen LogP contribution in [-0.2, 0) is 4.79 Å². The first-order chi connectivity index (χ1) is 8.45. The van der Waals surface area contributed by atoms with Gasteiger partial charge >= 0.3 is 0 Å². The van der Waals surface area contributed by atoms with Crippen LogP contribution in [0.1, 0.15) is 17.5 Å². The number of anilines is 1. The number of carbonyl (C=O) groups excluding carboxylic acids is 1. The zero-order valence-corrected chi connectivity index (χ0v) is 13.5. The van der Waals surface area contributed by atoms with Crippen LogP contribution >= 0.6 is 31.9 Å². The first-order valence-corrected chi connectivity index (χ1v) is 7.40. The molecule has 1 N–H and O–H groups in total. The molecule has 0 aromatic heterocycles. The maximum Gasteiger partial charge on any atom is 0.227 e. The van der Waals surface area contributed by atoms with Gasteiger partial charge in [0.25, 0.3) is 0 Å². The van der Waals surface area contributed by atoms with Crippen LogP contribution in [0.4, 0.5) is 5.69 Å². The van der Waals surface area contributed by atoms with Gasteiger partial charge in [0, 0.05) is 34.4 Å². The lowest BCUT2D eigenvalue weighted by Crippen LogP contribution is -2.25. The van der Waals surface area contributed by atoms with Crippen LogP contribution in [0.2, 0.25) is 0 Å². The zero-order chi connectivity index (χ0) is 13.4. The van der Waals surface area contributed by atoms with Crippen LogP contribution in [0.15, 0.2) is 15.0 Å². The molecule has 0 saturated carbocycles. The highest BCUT2D eigenvalue weighted by atomic mass is 79.9. The number of carbonyl (C=O) groups is 1. The molecule has 1 aliphatic heterocycles. The molecule has 1 atom stereocenters. The Balaban J connectivity index is 2.43. The molecule has 0 bridgehead atoms. The summed E-state index contributed by atoms with van der Waals surface area (Å²) < 4.78 is 2.00. The molecule has 1 aliphatic rings. The zero-order valence-electron chi connectivity index (χ0n) is 10.3. The first kappa shape index (κ1) is 14.0. The maximum absolute atomic E-state index is 12.0. The summed E-state index contributed by atoms with van der Waals surface area (Å²) in [6.07, 6.45) is 0.428. The van der Waals surface area contributed by atoms with E-state index in [-0.39, 0.29) is 18.4 Å². The minimum Gasteiger partial charge on any atom is -0.396 e. The van der Waals surface area contributed by atoms with Crippen molar-refractivity contribution in [3.05, 3.63) is 26.1 Å². The summed E-state index contributed by atoms with van der Waals surface area (Å²) in [6.45, 7) is 4.68. The van der Waals surface area contributed by atoms with Crippen LogP contribution < -0.4 is 4.90 Å². The van der Waals surface area contributed by atoms with Crippen molar-refractivity contribution in [3.8, 4) is 0 Å². The molecule has 1 aromatic carbocycles. The maximum atomic E-state index is 12.0. The SMILES string of the molecule is Cc1cc(N2CC(CO)CC2=O)c(Br)c(C)c1Br. The minimum atomic E-state index is 0.0497. The summed E-state index contributed by atoms with van der Waals surface area (Å²) >= 11 is 7.10. The molecule has 1 fully saturated rings. The van der Waals surface area contributed by atoms with Gasteiger partial charge in [-0.3, -0.25) is 4.79 Å². The van der Waals surface area contributed by atoms with Crippen molar-refractivity contribution in [1.82, 2.24) is 0 Å². The fraction of sp³-hybridized carbons (Fsp3) is 0.462. The normalized spacial score (nSPS) is 19.7. The molecule has 5 heteroatoms. The largest absolute Gasteiger partial charge is 0.396 e. The molecule has 1 saturated heterocycles. The van der Waals surface area contributed by atoms with Crippen LogP contribution in [0.3, 0.4) is 0 Å². The monoisotopic (exact) mass is 375 g/mol. The van der Waals surface area contributed by atoms with E-state index in [1.807, 2.05) is 19.9 Å². The Morgan fingerprint density at radius 2 is 2.06 bits per heavy atom. The first-order valence-electron chi connectivity index (χ1n) is 5.82. The van der Waals surface area contributed by atoms with E-state index < -0.39 is 0 Å². The molecule has 1 aromatic rings. The van der Waals surface area contributed by atoms with Crippen LogP contribution in [0.5, 0.6) is 0 Å². The Labute approximate surface area is 123 Å². The number of halogens is 2. The summed E-state index contributed by atoms with van der Waals surface area (Å²) in [5.74, 6) is 0.129. The summed E-state index contributed by atoms with van der Waals surface area (Å²) in [7, 11) is 0. The molecule has 0 spiro atoms. The minimum absolute atomic E-state index is 0.0497. The van der Waals surface area contributed by atoms with Crippen LogP contribution in [0, 0.1) is 19.8 Å². The highest BCUT2D eigenvalue weighted by Crippen LogP contribution is 2.38. The summed E-state index contributed by atoms with van der Waals surface area (Å²) in [4.78, 5) is 13.7. The number of hydrogen-bond donors (Lipinski definition) is 1. The van der Waals surface area contributed by atoms with Gasteiger partial charge in [0.2, 0.25) is 5.91 Å². The summed E-state index contributed by atoms with van der Waals surface area (Å²) in [5.41, 5.74) is 3.09. The van der Waals surface area contributed by atoms with E-state index in [0.717, 1.165) is 25.8 Å². The molecule has 98 valence electrons. The van der Waals surface area contributed by atoms with Gasteiger partial charge in [0.05, 0.1) is 5.69 Å². The molecular formula is C13H15Br2NO2. The Morgan fingerprint density at radius 3 is 2.61 bits per heavy atom. The van der Waals surface area contributed by atoms with Crippen molar-refractivity contribution in [3.63, 3.8) is 0 Å². The lowest BCUT2D eigenvalue weighted by molar-refractivity contribution is -0.117. The van der Waals surface area contributed by atoms with E-state index in [4.69, 9.17) is 0 Å². The van der Waals surface area contributed by atoms with Gasteiger partial charge in [0.1, 0.15) is 0 Å². The molecular weight excluding hydrogens is 362 g/mol. The third-order valence-corrected chi connectivity index (χ3v) is 5.56. The molecule has 0 radical (unpaired) electrons. The van der Waals surface area contributed by atoms with Crippen molar-refractivity contribution in [2.75, 3.05) is 18.1 Å². The molecule has 1 unspecified atom stereocenters. The van der Waals surface area contributed by atoms with Gasteiger partial charge in [0.15, 0.2) is 0 Å². The van der Waals surface area contributed by atoms with Crippen LogP contribution in [0.25, 0.3) is 0 Å². The van der Waals surface area contributed by atoms with Crippen molar-refractivity contribution in [2.24, 2.45) is 5.92 Å². The van der Waals surface area contributed by atoms with Crippen molar-refractivity contribution < 1.29 is 9.90 Å². The lowest BCUT2D eigenvalue weighted by atomic mass is 10.1. The average Bonchev–Trinajstić information content (AvgIpc) is 2.72. The third-order valence-electron chi connectivity index (χ3n) is 3.34. The number of amides is 1. The van der Waals surface area contributed by atoms with Gasteiger partial charge in [-0.25, -0.2) is 0 Å².